The number of carbonyl (C=O) groups excluding carboxylic acids is 1. The largest absolute Gasteiger partial charge is 0.352 e. The molecule has 1 atom stereocenters. The Balaban J connectivity index is 1.38. The maximum Gasteiger partial charge on any atom is 0.230 e. The Kier molecular flexibility index (Phi) is 6.29. The van der Waals surface area contributed by atoms with E-state index in [2.05, 4.69) is 22.0 Å². The van der Waals surface area contributed by atoms with Gasteiger partial charge in [-0.25, -0.2) is 0 Å². The van der Waals surface area contributed by atoms with Crippen molar-refractivity contribution in [3.05, 3.63) is 77.3 Å². The number of aromatic nitrogens is 2. The van der Waals surface area contributed by atoms with E-state index in [1.54, 1.807) is 0 Å². The molecule has 5 nitrogen and oxygen atoms in total. The van der Waals surface area contributed by atoms with E-state index in [9.17, 15) is 4.79 Å². The minimum absolute atomic E-state index is 0.0730. The summed E-state index contributed by atoms with van der Waals surface area (Å²) < 4.78 is 0. The molecule has 1 amide bonds. The summed E-state index contributed by atoms with van der Waals surface area (Å²) in [6, 6.07) is 21.6. The van der Waals surface area contributed by atoms with E-state index in [0.717, 1.165) is 42.1 Å². The first-order valence-corrected chi connectivity index (χ1v) is 10.7. The predicted octanol–water partition coefficient (Wildman–Crippen LogP) is 4.64. The summed E-state index contributed by atoms with van der Waals surface area (Å²) in [5, 5.41) is 9.49. The van der Waals surface area contributed by atoms with Gasteiger partial charge < -0.3 is 9.80 Å². The number of hydrogen-bond acceptors (Lipinski definition) is 4. The fourth-order valence-electron chi connectivity index (χ4n) is 3.88. The number of halogens is 1. The fourth-order valence-corrected chi connectivity index (χ4v) is 4.01. The molecule has 1 unspecified atom stereocenters. The topological polar surface area (TPSA) is 49.3 Å². The predicted molar refractivity (Wildman–Crippen MR) is 121 cm³/mol. The normalized spacial score (nSPS) is 15.1. The summed E-state index contributed by atoms with van der Waals surface area (Å²) in [6.07, 6.45) is 0.806. The number of carbonyl (C=O) groups is 1. The number of rotatable bonds is 5. The molecule has 154 valence electrons. The van der Waals surface area contributed by atoms with Crippen molar-refractivity contribution < 1.29 is 4.79 Å². The van der Waals surface area contributed by atoms with Crippen LogP contribution in [-0.4, -0.2) is 47.2 Å². The third-order valence-electron chi connectivity index (χ3n) is 5.61. The summed E-state index contributed by atoms with van der Waals surface area (Å²) in [7, 11) is 0. The van der Waals surface area contributed by atoms with Gasteiger partial charge in [0.2, 0.25) is 5.91 Å². The number of piperazine rings is 1. The first-order chi connectivity index (χ1) is 14.7. The first kappa shape index (κ1) is 20.4. The lowest BCUT2D eigenvalue weighted by Gasteiger charge is -2.36. The summed E-state index contributed by atoms with van der Waals surface area (Å²) in [4.78, 5) is 17.2. The highest BCUT2D eigenvalue weighted by Crippen LogP contribution is 2.24. The highest BCUT2D eigenvalue weighted by molar-refractivity contribution is 6.30. The second kappa shape index (κ2) is 9.26. The standard InChI is InChI=1S/C24H25ClN4O/c1-2-21(18-6-4-3-5-7-18)24(30)29-16-14-28(15-17-29)23-13-12-22(26-27-23)19-8-10-20(25)11-9-19/h3-13,21H,2,14-17H2,1H3. The van der Waals surface area contributed by atoms with E-state index in [0.29, 0.717) is 18.1 Å². The molecule has 0 spiro atoms. The Morgan fingerprint density at radius 1 is 0.933 bits per heavy atom. The van der Waals surface area contributed by atoms with Crippen LogP contribution in [0, 0.1) is 0 Å². The molecule has 0 bridgehead atoms. The molecule has 1 fully saturated rings. The lowest BCUT2D eigenvalue weighted by molar-refractivity contribution is -0.133. The van der Waals surface area contributed by atoms with Gasteiger partial charge in [-0.05, 0) is 36.2 Å². The van der Waals surface area contributed by atoms with E-state index in [1.165, 1.54) is 0 Å². The first-order valence-electron chi connectivity index (χ1n) is 10.3. The average Bonchev–Trinajstić information content (AvgIpc) is 2.81. The lowest BCUT2D eigenvalue weighted by Crippen LogP contribution is -2.50. The van der Waals surface area contributed by atoms with E-state index in [-0.39, 0.29) is 11.8 Å². The van der Waals surface area contributed by atoms with Crippen molar-refractivity contribution >= 4 is 23.3 Å². The minimum atomic E-state index is -0.0730. The summed E-state index contributed by atoms with van der Waals surface area (Å²) in [5.74, 6) is 0.985. The van der Waals surface area contributed by atoms with E-state index in [4.69, 9.17) is 11.6 Å². The summed E-state index contributed by atoms with van der Waals surface area (Å²) in [5.41, 5.74) is 2.90. The van der Waals surface area contributed by atoms with Gasteiger partial charge in [-0.15, -0.1) is 10.2 Å². The molecule has 2 aromatic carbocycles. The molecule has 1 aromatic heterocycles. The van der Waals surface area contributed by atoms with Crippen LogP contribution in [0.3, 0.4) is 0 Å². The van der Waals surface area contributed by atoms with Gasteiger partial charge >= 0.3 is 0 Å². The van der Waals surface area contributed by atoms with Gasteiger partial charge in [-0.3, -0.25) is 4.79 Å². The maximum atomic E-state index is 13.1. The van der Waals surface area contributed by atoms with Crippen molar-refractivity contribution in [2.45, 2.75) is 19.3 Å². The second-order valence-corrected chi connectivity index (χ2v) is 7.90. The zero-order valence-electron chi connectivity index (χ0n) is 17.0. The zero-order valence-corrected chi connectivity index (χ0v) is 17.8. The highest BCUT2D eigenvalue weighted by Gasteiger charge is 2.27. The van der Waals surface area contributed by atoms with Crippen molar-refractivity contribution in [2.24, 2.45) is 0 Å². The number of benzene rings is 2. The quantitative estimate of drug-likeness (QED) is 0.603. The zero-order chi connectivity index (χ0) is 20.9. The van der Waals surface area contributed by atoms with Crippen LogP contribution in [0.15, 0.2) is 66.7 Å². The van der Waals surface area contributed by atoms with Crippen LogP contribution < -0.4 is 4.90 Å². The van der Waals surface area contributed by atoms with Crippen LogP contribution in [0.1, 0.15) is 24.8 Å². The maximum absolute atomic E-state index is 13.1. The SMILES string of the molecule is CCC(C(=O)N1CCN(c2ccc(-c3ccc(Cl)cc3)nn2)CC1)c1ccccc1. The Morgan fingerprint density at radius 2 is 1.63 bits per heavy atom. The average molecular weight is 421 g/mol. The molecule has 3 aromatic rings. The highest BCUT2D eigenvalue weighted by atomic mass is 35.5. The molecule has 2 heterocycles. The Bertz CT molecular complexity index is 968. The number of anilines is 1. The molecule has 4 rings (SSSR count). The minimum Gasteiger partial charge on any atom is -0.352 e. The van der Waals surface area contributed by atoms with E-state index in [1.807, 2.05) is 71.6 Å². The molecule has 6 heteroatoms. The van der Waals surface area contributed by atoms with Gasteiger partial charge in [-0.1, -0.05) is 61.0 Å². The van der Waals surface area contributed by atoms with Crippen molar-refractivity contribution in [1.82, 2.24) is 15.1 Å². The lowest BCUT2D eigenvalue weighted by atomic mass is 9.95. The smallest absolute Gasteiger partial charge is 0.230 e. The van der Waals surface area contributed by atoms with Crippen molar-refractivity contribution in [1.29, 1.82) is 0 Å². The van der Waals surface area contributed by atoms with Gasteiger partial charge in [0, 0.05) is 36.8 Å². The van der Waals surface area contributed by atoms with Crippen molar-refractivity contribution in [2.75, 3.05) is 31.1 Å². The fraction of sp³-hybridized carbons (Fsp3) is 0.292. The van der Waals surface area contributed by atoms with Crippen LogP contribution in [0.25, 0.3) is 11.3 Å². The van der Waals surface area contributed by atoms with Crippen molar-refractivity contribution in [3.63, 3.8) is 0 Å². The number of amides is 1. The molecule has 1 aliphatic rings. The Labute approximate surface area is 182 Å². The number of hydrogen-bond donors (Lipinski definition) is 0. The monoisotopic (exact) mass is 420 g/mol. The molecule has 30 heavy (non-hydrogen) atoms. The molecule has 0 saturated carbocycles. The van der Waals surface area contributed by atoms with E-state index >= 15 is 0 Å². The third kappa shape index (κ3) is 4.46. The second-order valence-electron chi connectivity index (χ2n) is 7.47. The van der Waals surface area contributed by atoms with Gasteiger partial charge in [0.05, 0.1) is 11.6 Å². The van der Waals surface area contributed by atoms with Crippen LogP contribution >= 0.6 is 11.6 Å². The van der Waals surface area contributed by atoms with Gasteiger partial charge in [-0.2, -0.15) is 0 Å². The van der Waals surface area contributed by atoms with Crippen LogP contribution in [0.2, 0.25) is 5.02 Å². The van der Waals surface area contributed by atoms with E-state index < -0.39 is 0 Å². The molecular weight excluding hydrogens is 396 g/mol. The number of nitrogens with zero attached hydrogens (tertiary/aromatic N) is 4. The van der Waals surface area contributed by atoms with Gasteiger partial charge in [0.15, 0.2) is 5.82 Å². The van der Waals surface area contributed by atoms with Crippen LogP contribution in [0.4, 0.5) is 5.82 Å². The van der Waals surface area contributed by atoms with Crippen LogP contribution in [0.5, 0.6) is 0 Å². The van der Waals surface area contributed by atoms with Crippen molar-refractivity contribution in [3.8, 4) is 11.3 Å². The molecule has 0 radical (unpaired) electrons. The Hall–Kier alpha value is -2.92. The van der Waals surface area contributed by atoms with Gasteiger partial charge in [0.25, 0.3) is 0 Å². The third-order valence-corrected chi connectivity index (χ3v) is 5.87. The Morgan fingerprint density at radius 3 is 2.23 bits per heavy atom. The summed E-state index contributed by atoms with van der Waals surface area (Å²) in [6.45, 7) is 4.98. The van der Waals surface area contributed by atoms with Gasteiger partial charge in [0.1, 0.15) is 0 Å². The van der Waals surface area contributed by atoms with Crippen LogP contribution in [-0.2, 0) is 4.79 Å². The molecule has 1 saturated heterocycles. The molecule has 0 N–H and O–H groups in total. The summed E-state index contributed by atoms with van der Waals surface area (Å²) >= 11 is 5.95. The molecule has 1 aliphatic heterocycles. The molecular formula is C24H25ClN4O. The molecule has 0 aliphatic carbocycles.